The maximum absolute atomic E-state index is 12.2. The third-order valence-corrected chi connectivity index (χ3v) is 4.65. The number of aryl methyl sites for hydroxylation is 1. The van der Waals surface area contributed by atoms with Gasteiger partial charge in [-0.15, -0.1) is 10.2 Å². The maximum Gasteiger partial charge on any atom is 0.315 e. The highest BCUT2D eigenvalue weighted by Crippen LogP contribution is 2.20. The fraction of sp³-hybridized carbons (Fsp3) is 0.800. The molecule has 8 heteroatoms. The van der Waals surface area contributed by atoms with Crippen LogP contribution in [0.15, 0.2) is 6.33 Å². The van der Waals surface area contributed by atoms with Crippen molar-refractivity contribution < 1.29 is 9.53 Å². The number of ether oxygens (including phenoxy) is 1. The van der Waals surface area contributed by atoms with E-state index in [9.17, 15) is 4.79 Å². The Bertz CT molecular complexity index is 514. The zero-order chi connectivity index (χ0) is 16.9. The number of hydrogen-bond donors (Lipinski definition) is 2. The minimum absolute atomic E-state index is 0.0604. The van der Waals surface area contributed by atoms with Crippen molar-refractivity contribution in [3.8, 4) is 0 Å². The van der Waals surface area contributed by atoms with Gasteiger partial charge in [0.2, 0.25) is 0 Å². The van der Waals surface area contributed by atoms with Crippen LogP contribution >= 0.6 is 0 Å². The highest BCUT2D eigenvalue weighted by molar-refractivity contribution is 5.74. The third kappa shape index (κ3) is 4.42. The van der Waals surface area contributed by atoms with E-state index in [0.29, 0.717) is 6.54 Å². The summed E-state index contributed by atoms with van der Waals surface area (Å²) in [5, 5.41) is 13.7. The van der Waals surface area contributed by atoms with Gasteiger partial charge in [-0.05, 0) is 20.3 Å². The van der Waals surface area contributed by atoms with Crippen LogP contribution in [0, 0.1) is 0 Å². The molecule has 1 aliphatic rings. The molecular formula is C15H28N6O2. The molecule has 1 saturated heterocycles. The van der Waals surface area contributed by atoms with Crippen LogP contribution in [-0.4, -0.2) is 64.1 Å². The molecule has 0 aliphatic carbocycles. The standard InChI is InChI=1S/C15H28N6O2/c1-5-15(3,21-6-8-23-9-7-21)10-16-14(22)18-12(2)13-19-17-11-20(13)4/h11-12H,5-10H2,1-4H3,(H2,16,18,22)/t12-,15-/m0/s1. The van der Waals surface area contributed by atoms with Crippen molar-refractivity contribution in [3.05, 3.63) is 12.2 Å². The van der Waals surface area contributed by atoms with Gasteiger partial charge >= 0.3 is 6.03 Å². The highest BCUT2D eigenvalue weighted by Gasteiger charge is 2.31. The van der Waals surface area contributed by atoms with E-state index in [1.165, 1.54) is 0 Å². The number of urea groups is 1. The molecule has 1 aliphatic heterocycles. The van der Waals surface area contributed by atoms with Gasteiger partial charge in [-0.25, -0.2) is 4.79 Å². The fourth-order valence-electron chi connectivity index (χ4n) is 2.83. The quantitative estimate of drug-likeness (QED) is 0.804. The average molecular weight is 324 g/mol. The minimum Gasteiger partial charge on any atom is -0.379 e. The van der Waals surface area contributed by atoms with Gasteiger partial charge in [0.1, 0.15) is 6.33 Å². The second-order valence-electron chi connectivity index (χ2n) is 6.30. The van der Waals surface area contributed by atoms with Crippen molar-refractivity contribution in [2.75, 3.05) is 32.8 Å². The Morgan fingerprint density at radius 2 is 2.17 bits per heavy atom. The van der Waals surface area contributed by atoms with Crippen molar-refractivity contribution in [3.63, 3.8) is 0 Å². The molecule has 2 atom stereocenters. The van der Waals surface area contributed by atoms with E-state index in [2.05, 4.69) is 39.6 Å². The van der Waals surface area contributed by atoms with E-state index in [4.69, 9.17) is 4.74 Å². The van der Waals surface area contributed by atoms with E-state index >= 15 is 0 Å². The smallest absolute Gasteiger partial charge is 0.315 e. The lowest BCUT2D eigenvalue weighted by atomic mass is 9.95. The summed E-state index contributed by atoms with van der Waals surface area (Å²) in [6.07, 6.45) is 2.59. The molecule has 0 bridgehead atoms. The normalized spacial score (nSPS) is 19.8. The Hall–Kier alpha value is -1.67. The Kier molecular flexibility index (Phi) is 5.95. The van der Waals surface area contributed by atoms with Crippen molar-refractivity contribution in [1.29, 1.82) is 0 Å². The third-order valence-electron chi connectivity index (χ3n) is 4.65. The van der Waals surface area contributed by atoms with Gasteiger partial charge < -0.3 is 19.9 Å². The van der Waals surface area contributed by atoms with E-state index in [1.54, 1.807) is 10.9 Å². The number of carbonyl (C=O) groups excluding carboxylic acids is 1. The Morgan fingerprint density at radius 3 is 2.74 bits per heavy atom. The molecule has 0 aromatic carbocycles. The second-order valence-corrected chi connectivity index (χ2v) is 6.30. The molecule has 1 fully saturated rings. The summed E-state index contributed by atoms with van der Waals surface area (Å²) in [7, 11) is 1.86. The lowest BCUT2D eigenvalue weighted by Crippen LogP contribution is -2.57. The molecule has 2 heterocycles. The molecule has 2 N–H and O–H groups in total. The van der Waals surface area contributed by atoms with Crippen LogP contribution in [0.25, 0.3) is 0 Å². The van der Waals surface area contributed by atoms with Crippen LogP contribution in [0.4, 0.5) is 4.79 Å². The second kappa shape index (κ2) is 7.74. The van der Waals surface area contributed by atoms with E-state index in [-0.39, 0.29) is 17.6 Å². The predicted octanol–water partition coefficient (Wildman–Crippen LogP) is 0.676. The first-order chi connectivity index (χ1) is 11.0. The molecule has 8 nitrogen and oxygen atoms in total. The zero-order valence-corrected chi connectivity index (χ0v) is 14.5. The Labute approximate surface area is 137 Å². The summed E-state index contributed by atoms with van der Waals surface area (Å²) in [4.78, 5) is 14.6. The largest absolute Gasteiger partial charge is 0.379 e. The zero-order valence-electron chi connectivity index (χ0n) is 14.5. The van der Waals surface area contributed by atoms with Crippen LogP contribution in [-0.2, 0) is 11.8 Å². The van der Waals surface area contributed by atoms with Gasteiger partial charge in [0.15, 0.2) is 5.82 Å². The molecule has 2 rings (SSSR count). The minimum atomic E-state index is -0.196. The van der Waals surface area contributed by atoms with E-state index < -0.39 is 0 Å². The van der Waals surface area contributed by atoms with Crippen LogP contribution in [0.5, 0.6) is 0 Å². The molecule has 0 spiro atoms. The van der Waals surface area contributed by atoms with Crippen molar-refractivity contribution >= 4 is 6.03 Å². The Morgan fingerprint density at radius 1 is 1.48 bits per heavy atom. The van der Waals surface area contributed by atoms with Gasteiger partial charge in [0.05, 0.1) is 19.3 Å². The van der Waals surface area contributed by atoms with Crippen LogP contribution in [0.2, 0.25) is 0 Å². The topological polar surface area (TPSA) is 84.3 Å². The molecule has 130 valence electrons. The number of hydrogen-bond acceptors (Lipinski definition) is 5. The molecular weight excluding hydrogens is 296 g/mol. The van der Waals surface area contributed by atoms with Gasteiger partial charge in [-0.1, -0.05) is 6.92 Å². The summed E-state index contributed by atoms with van der Waals surface area (Å²) >= 11 is 0. The molecule has 0 radical (unpaired) electrons. The maximum atomic E-state index is 12.2. The highest BCUT2D eigenvalue weighted by atomic mass is 16.5. The molecule has 23 heavy (non-hydrogen) atoms. The number of aromatic nitrogens is 3. The molecule has 2 amide bonds. The van der Waals surface area contributed by atoms with Crippen molar-refractivity contribution in [1.82, 2.24) is 30.3 Å². The summed E-state index contributed by atoms with van der Waals surface area (Å²) in [5.41, 5.74) is -0.0604. The summed E-state index contributed by atoms with van der Waals surface area (Å²) in [6.45, 7) is 10.1. The van der Waals surface area contributed by atoms with Crippen LogP contribution in [0.3, 0.4) is 0 Å². The number of carbonyl (C=O) groups is 1. The lowest BCUT2D eigenvalue weighted by molar-refractivity contribution is -0.0165. The summed E-state index contributed by atoms with van der Waals surface area (Å²) < 4.78 is 7.21. The van der Waals surface area contributed by atoms with Gasteiger partial charge in [-0.2, -0.15) is 0 Å². The molecule has 0 saturated carbocycles. The van der Waals surface area contributed by atoms with Crippen molar-refractivity contribution in [2.45, 2.75) is 38.8 Å². The van der Waals surface area contributed by atoms with E-state index in [1.807, 2.05) is 14.0 Å². The fourth-order valence-corrected chi connectivity index (χ4v) is 2.83. The number of morpholine rings is 1. The number of nitrogens with one attached hydrogen (secondary N) is 2. The first-order valence-corrected chi connectivity index (χ1v) is 8.17. The number of rotatable bonds is 6. The predicted molar refractivity (Wildman–Crippen MR) is 87.0 cm³/mol. The molecule has 1 aromatic heterocycles. The van der Waals surface area contributed by atoms with Crippen LogP contribution in [0.1, 0.15) is 39.1 Å². The molecule has 0 unspecified atom stereocenters. The number of nitrogens with zero attached hydrogens (tertiary/aromatic N) is 4. The number of amides is 2. The SMILES string of the molecule is CC[C@@](C)(CNC(=O)N[C@@H](C)c1nncn1C)N1CCOCC1. The lowest BCUT2D eigenvalue weighted by Gasteiger charge is -2.43. The van der Waals surface area contributed by atoms with Crippen molar-refractivity contribution in [2.24, 2.45) is 7.05 Å². The average Bonchev–Trinajstić information content (AvgIpc) is 2.99. The van der Waals surface area contributed by atoms with E-state index in [0.717, 1.165) is 38.5 Å². The molecule has 1 aromatic rings. The first-order valence-electron chi connectivity index (χ1n) is 8.17. The summed E-state index contributed by atoms with van der Waals surface area (Å²) in [5.74, 6) is 0.728. The summed E-state index contributed by atoms with van der Waals surface area (Å²) in [6, 6.07) is -0.382. The van der Waals surface area contributed by atoms with Crippen LogP contribution < -0.4 is 10.6 Å². The van der Waals surface area contributed by atoms with Gasteiger partial charge in [0.25, 0.3) is 0 Å². The monoisotopic (exact) mass is 324 g/mol. The first kappa shape index (κ1) is 17.7. The van der Waals surface area contributed by atoms with Gasteiger partial charge in [-0.3, -0.25) is 4.90 Å². The Balaban J connectivity index is 1.85. The van der Waals surface area contributed by atoms with Gasteiger partial charge in [0, 0.05) is 32.2 Å².